The Kier molecular flexibility index (Phi) is 8.54. The smallest absolute Gasteiger partial charge is 0.338 e. The minimum absolute atomic E-state index is 0.0721. The van der Waals surface area contributed by atoms with Gasteiger partial charge < -0.3 is 19.3 Å². The lowest BCUT2D eigenvalue weighted by molar-refractivity contribution is -0.138. The van der Waals surface area contributed by atoms with Crippen LogP contribution >= 0.6 is 11.3 Å². The molecule has 1 aliphatic heterocycles. The standard InChI is InChI=1S/C34H34N2O6S/c1-7-42-33(39)28-29(21-12-9-8-10-13-21)35-34-36(30(28)24-18-23(19(2)3)26(41-6)16-20(24)4)32(38)27(43-34)17-22-14-11-15-25(40-5)31(22)37/h8-19,30,37H,7H2,1-6H3. The molecule has 0 amide bonds. The lowest BCUT2D eigenvalue weighted by atomic mass is 9.87. The highest BCUT2D eigenvalue weighted by molar-refractivity contribution is 7.07. The molecule has 0 fully saturated rings. The van der Waals surface area contributed by atoms with E-state index in [9.17, 15) is 14.7 Å². The van der Waals surface area contributed by atoms with Crippen LogP contribution in [0.4, 0.5) is 0 Å². The maximum Gasteiger partial charge on any atom is 0.338 e. The Morgan fingerprint density at radius 1 is 1.07 bits per heavy atom. The molecule has 4 aromatic rings. The number of methoxy groups -OCH3 is 2. The minimum atomic E-state index is -0.824. The van der Waals surface area contributed by atoms with E-state index in [4.69, 9.17) is 19.2 Å². The number of aryl methyl sites for hydroxylation is 1. The van der Waals surface area contributed by atoms with Gasteiger partial charge in [-0.05, 0) is 60.7 Å². The number of benzene rings is 3. The molecule has 1 aromatic heterocycles. The number of hydrogen-bond donors (Lipinski definition) is 1. The fraction of sp³-hybridized carbons (Fsp3) is 0.265. The van der Waals surface area contributed by atoms with E-state index in [1.807, 2.05) is 49.4 Å². The van der Waals surface area contributed by atoms with E-state index in [2.05, 4.69) is 13.8 Å². The third kappa shape index (κ3) is 5.48. The molecule has 1 N–H and O–H groups in total. The number of esters is 1. The van der Waals surface area contributed by atoms with Gasteiger partial charge in [0.1, 0.15) is 5.75 Å². The van der Waals surface area contributed by atoms with Crippen molar-refractivity contribution in [2.75, 3.05) is 20.8 Å². The van der Waals surface area contributed by atoms with Gasteiger partial charge in [-0.3, -0.25) is 9.36 Å². The minimum Gasteiger partial charge on any atom is -0.504 e. The number of carbonyl (C=O) groups is 1. The van der Waals surface area contributed by atoms with Crippen molar-refractivity contribution < 1.29 is 24.1 Å². The first-order chi connectivity index (χ1) is 20.7. The molecule has 0 aliphatic carbocycles. The van der Waals surface area contributed by atoms with Gasteiger partial charge in [-0.1, -0.05) is 67.6 Å². The summed E-state index contributed by atoms with van der Waals surface area (Å²) < 4.78 is 18.5. The van der Waals surface area contributed by atoms with Gasteiger partial charge in [0, 0.05) is 11.1 Å². The number of phenolic OH excluding ortho intramolecular Hbond substituents is 1. The lowest BCUT2D eigenvalue weighted by Crippen LogP contribution is -2.40. The number of carbonyl (C=O) groups excluding carboxylic acids is 1. The van der Waals surface area contributed by atoms with Crippen LogP contribution in [0.1, 0.15) is 60.5 Å². The van der Waals surface area contributed by atoms with Crippen molar-refractivity contribution in [3.8, 4) is 17.2 Å². The molecule has 9 heteroatoms. The summed E-state index contributed by atoms with van der Waals surface area (Å²) >= 11 is 1.19. The largest absolute Gasteiger partial charge is 0.504 e. The second-order valence-electron chi connectivity index (χ2n) is 10.4. The molecule has 0 bridgehead atoms. The summed E-state index contributed by atoms with van der Waals surface area (Å²) in [6.07, 6.45) is 1.62. The van der Waals surface area contributed by atoms with Crippen molar-refractivity contribution in [1.29, 1.82) is 0 Å². The summed E-state index contributed by atoms with van der Waals surface area (Å²) in [5, 5.41) is 10.7. The van der Waals surface area contributed by atoms with Crippen molar-refractivity contribution in [3.05, 3.63) is 114 Å². The quantitative estimate of drug-likeness (QED) is 0.284. The number of hydrogen-bond acceptors (Lipinski definition) is 8. The summed E-state index contributed by atoms with van der Waals surface area (Å²) in [5.41, 5.74) is 4.11. The van der Waals surface area contributed by atoms with E-state index >= 15 is 0 Å². The summed E-state index contributed by atoms with van der Waals surface area (Å²) in [7, 11) is 3.10. The molecule has 8 nitrogen and oxygen atoms in total. The van der Waals surface area contributed by atoms with E-state index in [-0.39, 0.29) is 29.4 Å². The Morgan fingerprint density at radius 3 is 2.44 bits per heavy atom. The van der Waals surface area contributed by atoms with Crippen LogP contribution in [-0.4, -0.2) is 36.5 Å². The second kappa shape index (κ2) is 12.3. The Morgan fingerprint density at radius 2 is 1.79 bits per heavy atom. The predicted octanol–water partition coefficient (Wildman–Crippen LogP) is 5.09. The fourth-order valence-corrected chi connectivity index (χ4v) is 6.33. The third-order valence-electron chi connectivity index (χ3n) is 7.45. The van der Waals surface area contributed by atoms with E-state index in [0.717, 1.165) is 28.0 Å². The molecule has 5 rings (SSSR count). The number of thiazole rings is 1. The molecule has 0 saturated heterocycles. The molecule has 1 unspecified atom stereocenters. The van der Waals surface area contributed by atoms with Crippen LogP contribution in [-0.2, 0) is 9.53 Å². The van der Waals surface area contributed by atoms with Gasteiger partial charge in [-0.15, -0.1) is 0 Å². The molecule has 2 heterocycles. The number of rotatable bonds is 8. The molecule has 0 radical (unpaired) electrons. The normalized spacial score (nSPS) is 14.9. The van der Waals surface area contributed by atoms with E-state index < -0.39 is 12.0 Å². The van der Waals surface area contributed by atoms with Crippen molar-refractivity contribution in [3.63, 3.8) is 0 Å². The highest BCUT2D eigenvalue weighted by atomic mass is 32.1. The Hall–Kier alpha value is -4.63. The SMILES string of the molecule is CCOC(=O)C1=C(c2ccccc2)N=c2sc(=Cc3cccc(OC)c3O)c(=O)n2C1c1cc(C(C)C)c(OC)cc1C. The average molecular weight is 599 g/mol. The van der Waals surface area contributed by atoms with Crippen molar-refractivity contribution in [1.82, 2.24) is 4.57 Å². The molecule has 1 aliphatic rings. The number of para-hydroxylation sites is 1. The van der Waals surface area contributed by atoms with E-state index in [1.54, 1.807) is 42.9 Å². The van der Waals surface area contributed by atoms with Crippen LogP contribution in [0.5, 0.6) is 17.2 Å². The van der Waals surface area contributed by atoms with E-state index in [0.29, 0.717) is 26.3 Å². The summed E-state index contributed by atoms with van der Waals surface area (Å²) in [4.78, 5) is 33.4. The second-order valence-corrected chi connectivity index (χ2v) is 11.4. The summed E-state index contributed by atoms with van der Waals surface area (Å²) in [6, 6.07) is 17.7. The highest BCUT2D eigenvalue weighted by Crippen LogP contribution is 2.40. The summed E-state index contributed by atoms with van der Waals surface area (Å²) in [5.74, 6) is 0.533. The van der Waals surface area contributed by atoms with Crippen molar-refractivity contribution in [2.24, 2.45) is 4.99 Å². The van der Waals surface area contributed by atoms with Gasteiger partial charge in [-0.2, -0.15) is 0 Å². The zero-order valence-electron chi connectivity index (χ0n) is 25.0. The molecular weight excluding hydrogens is 564 g/mol. The van der Waals surface area contributed by atoms with E-state index in [1.165, 1.54) is 18.4 Å². The number of ether oxygens (including phenoxy) is 3. The summed E-state index contributed by atoms with van der Waals surface area (Å²) in [6.45, 7) is 7.99. The van der Waals surface area contributed by atoms with Crippen LogP contribution in [0.3, 0.4) is 0 Å². The first-order valence-electron chi connectivity index (χ1n) is 14.0. The Balaban J connectivity index is 1.89. The average Bonchev–Trinajstić information content (AvgIpc) is 3.31. The molecule has 3 aromatic carbocycles. The maximum atomic E-state index is 14.3. The molecule has 0 spiro atoms. The van der Waals surface area contributed by atoms with Gasteiger partial charge >= 0.3 is 5.97 Å². The first kappa shape index (κ1) is 29.8. The zero-order chi connectivity index (χ0) is 30.8. The van der Waals surface area contributed by atoms with Crippen LogP contribution in [0.15, 0.2) is 76.0 Å². The van der Waals surface area contributed by atoms with Gasteiger partial charge in [-0.25, -0.2) is 9.79 Å². The fourth-order valence-electron chi connectivity index (χ4n) is 5.33. The van der Waals surface area contributed by atoms with Crippen LogP contribution in [0, 0.1) is 6.92 Å². The van der Waals surface area contributed by atoms with Crippen molar-refractivity contribution in [2.45, 2.75) is 39.7 Å². The highest BCUT2D eigenvalue weighted by Gasteiger charge is 2.36. The lowest BCUT2D eigenvalue weighted by Gasteiger charge is -2.28. The van der Waals surface area contributed by atoms with Gasteiger partial charge in [0.15, 0.2) is 16.3 Å². The van der Waals surface area contributed by atoms with Gasteiger partial charge in [0.2, 0.25) is 0 Å². The van der Waals surface area contributed by atoms with Gasteiger partial charge in [0.25, 0.3) is 5.56 Å². The molecule has 222 valence electrons. The predicted molar refractivity (Wildman–Crippen MR) is 168 cm³/mol. The van der Waals surface area contributed by atoms with Gasteiger partial charge in [0.05, 0.1) is 42.7 Å². The van der Waals surface area contributed by atoms with Crippen LogP contribution in [0.25, 0.3) is 11.8 Å². The number of nitrogens with zero attached hydrogens (tertiary/aromatic N) is 2. The molecular formula is C34H34N2O6S. The topological polar surface area (TPSA) is 99.4 Å². The van der Waals surface area contributed by atoms with Crippen LogP contribution < -0.4 is 24.4 Å². The van der Waals surface area contributed by atoms with Crippen LogP contribution in [0.2, 0.25) is 0 Å². The maximum absolute atomic E-state index is 14.3. The zero-order valence-corrected chi connectivity index (χ0v) is 25.8. The number of phenols is 1. The molecule has 1 atom stereocenters. The Labute approximate surface area is 253 Å². The molecule has 0 saturated carbocycles. The molecule has 43 heavy (non-hydrogen) atoms. The monoisotopic (exact) mass is 598 g/mol. The third-order valence-corrected chi connectivity index (χ3v) is 8.43. The number of aromatic hydroxyl groups is 1. The van der Waals surface area contributed by atoms with Crippen molar-refractivity contribution >= 4 is 29.1 Å². The number of fused-ring (bicyclic) bond motifs is 1. The first-order valence-corrected chi connectivity index (χ1v) is 14.8. The number of aromatic nitrogens is 1. The Bertz CT molecular complexity index is 1900.